The summed E-state index contributed by atoms with van der Waals surface area (Å²) in [5.74, 6) is 0. The number of hydrogen-bond donors (Lipinski definition) is 1. The maximum atomic E-state index is 5.76. The molecule has 0 atom stereocenters. The first-order chi connectivity index (χ1) is 5.54. The molecule has 0 fully saturated rings. The summed E-state index contributed by atoms with van der Waals surface area (Å²) in [4.78, 5) is -0.468. The van der Waals surface area contributed by atoms with Gasteiger partial charge in [0.05, 0.1) is 0 Å². The lowest BCUT2D eigenvalue weighted by Crippen LogP contribution is -1.96. The van der Waals surface area contributed by atoms with E-state index in [2.05, 4.69) is 0 Å². The molecule has 1 nitrogen and oxygen atoms in total. The molecule has 0 radical (unpaired) electrons. The second-order valence-corrected chi connectivity index (χ2v) is 3.89. The van der Waals surface area contributed by atoms with Crippen molar-refractivity contribution in [3.05, 3.63) is 28.8 Å². The van der Waals surface area contributed by atoms with Crippen molar-refractivity contribution in [2.75, 3.05) is 5.73 Å². The zero-order valence-corrected chi connectivity index (χ0v) is 8.58. The molecule has 1 aromatic carbocycles. The number of halogens is 2. The third kappa shape index (κ3) is 1.67. The Morgan fingerprint density at radius 2 is 1.75 bits per heavy atom. The first-order valence-corrected chi connectivity index (χ1v) is 4.55. The fourth-order valence-electron chi connectivity index (χ4n) is 1.10. The summed E-state index contributed by atoms with van der Waals surface area (Å²) in [6.45, 7) is 3.93. The lowest BCUT2D eigenvalue weighted by molar-refractivity contribution is 1.22. The molecule has 1 aromatic rings. The van der Waals surface area contributed by atoms with E-state index in [0.717, 1.165) is 22.4 Å². The van der Waals surface area contributed by atoms with Gasteiger partial charge in [-0.25, -0.2) is 0 Å². The molecule has 0 aliphatic heterocycles. The number of nitrogen functional groups attached to an aromatic ring is 1. The fourth-order valence-corrected chi connectivity index (χ4v) is 1.57. The molecule has 0 bridgehead atoms. The number of nitrogens with two attached hydrogens (primary N) is 1. The number of alkyl halides is 2. The predicted molar refractivity (Wildman–Crippen MR) is 54.8 cm³/mol. The van der Waals surface area contributed by atoms with Crippen LogP contribution in [-0.4, -0.2) is 0 Å². The van der Waals surface area contributed by atoms with E-state index >= 15 is 0 Å². The van der Waals surface area contributed by atoms with Crippen LogP contribution >= 0.6 is 23.2 Å². The van der Waals surface area contributed by atoms with Crippen molar-refractivity contribution in [3.63, 3.8) is 0 Å². The van der Waals surface area contributed by atoms with Crippen molar-refractivity contribution in [1.82, 2.24) is 0 Å². The molecule has 0 spiro atoms. The van der Waals surface area contributed by atoms with Gasteiger partial charge in [-0.15, -0.1) is 23.2 Å². The van der Waals surface area contributed by atoms with Crippen molar-refractivity contribution in [3.8, 4) is 0 Å². The maximum Gasteiger partial charge on any atom is 0.133 e. The van der Waals surface area contributed by atoms with Crippen molar-refractivity contribution < 1.29 is 0 Å². The molecular weight excluding hydrogens is 193 g/mol. The Labute approximate surface area is 82.5 Å². The van der Waals surface area contributed by atoms with Gasteiger partial charge in [-0.3, -0.25) is 0 Å². The molecule has 66 valence electrons. The second-order valence-electron chi connectivity index (χ2n) is 2.79. The standard InChI is InChI=1S/C9H11Cl2N/c1-5-6(2)8(12)4-3-7(5)9(10)11/h3-4,9H,12H2,1-2H3. The van der Waals surface area contributed by atoms with Gasteiger partial charge in [0.1, 0.15) is 4.84 Å². The van der Waals surface area contributed by atoms with E-state index in [1.165, 1.54) is 0 Å². The van der Waals surface area contributed by atoms with Crippen LogP contribution in [0.1, 0.15) is 21.5 Å². The van der Waals surface area contributed by atoms with E-state index in [1.54, 1.807) is 0 Å². The average molecular weight is 204 g/mol. The number of hydrogen-bond acceptors (Lipinski definition) is 1. The Balaban J connectivity index is 3.27. The lowest BCUT2D eigenvalue weighted by atomic mass is 10.0. The first kappa shape index (κ1) is 9.69. The largest absolute Gasteiger partial charge is 0.399 e. The fraction of sp³-hybridized carbons (Fsp3) is 0.333. The van der Waals surface area contributed by atoms with E-state index < -0.39 is 4.84 Å². The molecule has 0 aliphatic rings. The van der Waals surface area contributed by atoms with Crippen LogP contribution in [0.2, 0.25) is 0 Å². The molecule has 1 rings (SSSR count). The third-order valence-corrected chi connectivity index (χ3v) is 2.58. The van der Waals surface area contributed by atoms with Gasteiger partial charge in [-0.2, -0.15) is 0 Å². The van der Waals surface area contributed by atoms with Crippen LogP contribution < -0.4 is 5.73 Å². The van der Waals surface area contributed by atoms with Crippen LogP contribution in [0.4, 0.5) is 5.69 Å². The number of rotatable bonds is 1. The summed E-state index contributed by atoms with van der Waals surface area (Å²) in [5, 5.41) is 0. The third-order valence-electron chi connectivity index (χ3n) is 2.11. The Bertz CT molecular complexity index is 295. The average Bonchev–Trinajstić information content (AvgIpc) is 2.00. The highest BCUT2D eigenvalue weighted by Crippen LogP contribution is 2.30. The van der Waals surface area contributed by atoms with Gasteiger partial charge in [-0.05, 0) is 36.6 Å². The highest BCUT2D eigenvalue weighted by Gasteiger charge is 2.09. The van der Waals surface area contributed by atoms with Crippen LogP contribution in [0.5, 0.6) is 0 Å². The smallest absolute Gasteiger partial charge is 0.133 e. The summed E-state index contributed by atoms with van der Waals surface area (Å²) >= 11 is 11.5. The van der Waals surface area contributed by atoms with E-state index in [0.29, 0.717) is 0 Å². The zero-order chi connectivity index (χ0) is 9.30. The van der Waals surface area contributed by atoms with E-state index in [1.807, 2.05) is 26.0 Å². The molecule has 12 heavy (non-hydrogen) atoms. The normalized spacial score (nSPS) is 10.8. The van der Waals surface area contributed by atoms with Crippen LogP contribution in [0, 0.1) is 13.8 Å². The topological polar surface area (TPSA) is 26.0 Å². The Hall–Kier alpha value is -0.400. The Morgan fingerprint density at radius 3 is 2.25 bits per heavy atom. The Morgan fingerprint density at radius 1 is 1.17 bits per heavy atom. The minimum absolute atomic E-state index is 0.468. The molecule has 0 heterocycles. The SMILES string of the molecule is Cc1c(N)ccc(C(Cl)Cl)c1C. The molecular formula is C9H11Cl2N. The van der Waals surface area contributed by atoms with Gasteiger partial charge in [0.25, 0.3) is 0 Å². The summed E-state index contributed by atoms with van der Waals surface area (Å²) in [6.07, 6.45) is 0. The maximum absolute atomic E-state index is 5.76. The second kappa shape index (κ2) is 3.55. The monoisotopic (exact) mass is 203 g/mol. The minimum atomic E-state index is -0.468. The van der Waals surface area contributed by atoms with Gasteiger partial charge in [0, 0.05) is 5.69 Å². The van der Waals surface area contributed by atoms with Gasteiger partial charge >= 0.3 is 0 Å². The first-order valence-electron chi connectivity index (χ1n) is 3.67. The number of benzene rings is 1. The van der Waals surface area contributed by atoms with Crippen LogP contribution in [0.15, 0.2) is 12.1 Å². The highest BCUT2D eigenvalue weighted by atomic mass is 35.5. The minimum Gasteiger partial charge on any atom is -0.399 e. The van der Waals surface area contributed by atoms with Gasteiger partial charge in [0.2, 0.25) is 0 Å². The van der Waals surface area contributed by atoms with Gasteiger partial charge in [0.15, 0.2) is 0 Å². The quantitative estimate of drug-likeness (QED) is 0.550. The summed E-state index contributed by atoms with van der Waals surface area (Å²) in [5.41, 5.74) is 9.55. The molecule has 0 unspecified atom stereocenters. The summed E-state index contributed by atoms with van der Waals surface area (Å²) < 4.78 is 0. The summed E-state index contributed by atoms with van der Waals surface area (Å²) in [6, 6.07) is 3.69. The van der Waals surface area contributed by atoms with E-state index in [9.17, 15) is 0 Å². The molecule has 0 saturated carbocycles. The molecule has 0 saturated heterocycles. The van der Waals surface area contributed by atoms with Crippen LogP contribution in [0.25, 0.3) is 0 Å². The Kier molecular flexibility index (Phi) is 2.86. The predicted octanol–water partition coefficient (Wildman–Crippen LogP) is 3.36. The molecule has 0 aromatic heterocycles. The lowest BCUT2D eigenvalue weighted by Gasteiger charge is -2.10. The van der Waals surface area contributed by atoms with Crippen LogP contribution in [0.3, 0.4) is 0 Å². The van der Waals surface area contributed by atoms with Crippen molar-refractivity contribution in [1.29, 1.82) is 0 Å². The summed E-state index contributed by atoms with van der Waals surface area (Å²) in [7, 11) is 0. The number of anilines is 1. The zero-order valence-electron chi connectivity index (χ0n) is 7.07. The van der Waals surface area contributed by atoms with E-state index in [4.69, 9.17) is 28.9 Å². The molecule has 2 N–H and O–H groups in total. The van der Waals surface area contributed by atoms with Gasteiger partial charge in [-0.1, -0.05) is 6.07 Å². The molecule has 3 heteroatoms. The molecule has 0 amide bonds. The van der Waals surface area contributed by atoms with Crippen molar-refractivity contribution in [2.45, 2.75) is 18.7 Å². The van der Waals surface area contributed by atoms with Crippen molar-refractivity contribution in [2.24, 2.45) is 0 Å². The highest BCUT2D eigenvalue weighted by molar-refractivity contribution is 6.44. The van der Waals surface area contributed by atoms with Crippen molar-refractivity contribution >= 4 is 28.9 Å². The van der Waals surface area contributed by atoms with E-state index in [-0.39, 0.29) is 0 Å². The van der Waals surface area contributed by atoms with Gasteiger partial charge < -0.3 is 5.73 Å². The molecule has 0 aliphatic carbocycles. The van der Waals surface area contributed by atoms with Crippen LogP contribution in [-0.2, 0) is 0 Å².